The monoisotopic (exact) mass is 283 g/mol. The lowest BCUT2D eigenvalue weighted by atomic mass is 10.3. The first kappa shape index (κ1) is 13.7. The first-order valence-electron chi connectivity index (χ1n) is 6.02. The standard InChI is InChI=1S/C13H18ClN3S/c1-16(2)6-7-17-12-4-3-10(14)9-11(12)15-13(17)5-8-18/h3-4,9,18H,5-8H2,1-2H3. The number of thiol groups is 1. The zero-order valence-electron chi connectivity index (χ0n) is 10.7. The molecule has 0 bridgehead atoms. The highest BCUT2D eigenvalue weighted by Gasteiger charge is 2.10. The number of likely N-dealkylation sites (N-methyl/N-ethyl adjacent to an activating group) is 1. The molecular weight excluding hydrogens is 266 g/mol. The SMILES string of the molecule is CN(C)CCn1c(CCS)nc2cc(Cl)ccc21. The summed E-state index contributed by atoms with van der Waals surface area (Å²) in [5.41, 5.74) is 2.12. The normalized spacial score (nSPS) is 11.6. The van der Waals surface area contributed by atoms with Gasteiger partial charge in [-0.25, -0.2) is 4.98 Å². The second kappa shape index (κ2) is 5.95. The van der Waals surface area contributed by atoms with E-state index in [1.807, 2.05) is 18.2 Å². The van der Waals surface area contributed by atoms with Gasteiger partial charge >= 0.3 is 0 Å². The van der Waals surface area contributed by atoms with Crippen molar-refractivity contribution in [3.8, 4) is 0 Å². The largest absolute Gasteiger partial charge is 0.327 e. The van der Waals surface area contributed by atoms with Gasteiger partial charge in [-0.1, -0.05) is 11.6 Å². The molecule has 0 unspecified atom stereocenters. The molecule has 18 heavy (non-hydrogen) atoms. The van der Waals surface area contributed by atoms with Crippen LogP contribution in [0.1, 0.15) is 5.82 Å². The summed E-state index contributed by atoms with van der Waals surface area (Å²) in [4.78, 5) is 6.83. The van der Waals surface area contributed by atoms with Crippen LogP contribution in [0.4, 0.5) is 0 Å². The molecule has 0 saturated carbocycles. The number of aromatic nitrogens is 2. The number of hydrogen-bond acceptors (Lipinski definition) is 3. The van der Waals surface area contributed by atoms with Crippen molar-refractivity contribution in [3.63, 3.8) is 0 Å². The smallest absolute Gasteiger partial charge is 0.110 e. The fourth-order valence-corrected chi connectivity index (χ4v) is 2.36. The van der Waals surface area contributed by atoms with Crippen molar-refractivity contribution in [3.05, 3.63) is 29.0 Å². The molecule has 0 aliphatic rings. The van der Waals surface area contributed by atoms with Crippen LogP contribution in [-0.4, -0.2) is 40.8 Å². The summed E-state index contributed by atoms with van der Waals surface area (Å²) in [6, 6.07) is 5.88. The number of rotatable bonds is 5. The van der Waals surface area contributed by atoms with Gasteiger partial charge in [-0.05, 0) is 38.0 Å². The average molecular weight is 284 g/mol. The molecule has 0 N–H and O–H groups in total. The van der Waals surface area contributed by atoms with E-state index in [4.69, 9.17) is 11.6 Å². The summed E-state index contributed by atoms with van der Waals surface area (Å²) in [7, 11) is 4.16. The van der Waals surface area contributed by atoms with Gasteiger partial charge in [0, 0.05) is 24.5 Å². The number of benzene rings is 1. The Labute approximate surface area is 118 Å². The molecule has 1 aromatic carbocycles. The lowest BCUT2D eigenvalue weighted by Crippen LogP contribution is -2.19. The summed E-state index contributed by atoms with van der Waals surface area (Å²) < 4.78 is 2.27. The van der Waals surface area contributed by atoms with E-state index < -0.39 is 0 Å². The van der Waals surface area contributed by atoms with Gasteiger partial charge in [0.1, 0.15) is 5.82 Å². The second-order valence-corrected chi connectivity index (χ2v) is 5.47. The summed E-state index contributed by atoms with van der Waals surface area (Å²) in [6.45, 7) is 1.93. The molecule has 2 aromatic rings. The van der Waals surface area contributed by atoms with Crippen molar-refractivity contribution in [2.75, 3.05) is 26.4 Å². The zero-order chi connectivity index (χ0) is 13.1. The van der Waals surface area contributed by atoms with Crippen molar-refractivity contribution >= 4 is 35.3 Å². The minimum absolute atomic E-state index is 0.734. The van der Waals surface area contributed by atoms with Crippen LogP contribution in [0, 0.1) is 0 Å². The molecule has 0 aliphatic carbocycles. The first-order valence-corrected chi connectivity index (χ1v) is 7.03. The van der Waals surface area contributed by atoms with Gasteiger partial charge in [-0.2, -0.15) is 12.6 Å². The lowest BCUT2D eigenvalue weighted by molar-refractivity contribution is 0.383. The van der Waals surface area contributed by atoms with Gasteiger partial charge in [0.05, 0.1) is 11.0 Å². The van der Waals surface area contributed by atoms with Crippen LogP contribution in [0.15, 0.2) is 18.2 Å². The zero-order valence-corrected chi connectivity index (χ0v) is 12.4. The van der Waals surface area contributed by atoms with Crippen molar-refractivity contribution in [2.24, 2.45) is 0 Å². The Bertz CT molecular complexity index is 536. The molecule has 0 amide bonds. The minimum Gasteiger partial charge on any atom is -0.327 e. The van der Waals surface area contributed by atoms with E-state index in [0.717, 1.165) is 47.1 Å². The molecule has 0 saturated heterocycles. The Kier molecular flexibility index (Phi) is 4.54. The van der Waals surface area contributed by atoms with Gasteiger partial charge in [0.15, 0.2) is 0 Å². The van der Waals surface area contributed by atoms with E-state index in [1.165, 1.54) is 0 Å². The predicted octanol–water partition coefficient (Wildman–Crippen LogP) is 2.72. The second-order valence-electron chi connectivity index (χ2n) is 4.59. The van der Waals surface area contributed by atoms with E-state index in [1.54, 1.807) is 0 Å². The topological polar surface area (TPSA) is 21.1 Å². The van der Waals surface area contributed by atoms with Gasteiger partial charge in [-0.15, -0.1) is 0 Å². The highest BCUT2D eigenvalue weighted by Crippen LogP contribution is 2.21. The summed E-state index contributed by atoms with van der Waals surface area (Å²) in [6.07, 6.45) is 0.878. The third-order valence-electron chi connectivity index (χ3n) is 2.90. The maximum atomic E-state index is 6.01. The molecule has 0 atom stereocenters. The summed E-state index contributed by atoms with van der Waals surface area (Å²) >= 11 is 10.3. The molecular formula is C13H18ClN3S. The lowest BCUT2D eigenvalue weighted by Gasteiger charge is -2.13. The molecule has 0 aliphatic heterocycles. The van der Waals surface area contributed by atoms with Crippen molar-refractivity contribution in [1.82, 2.24) is 14.5 Å². The number of imidazole rings is 1. The average Bonchev–Trinajstić information content (AvgIpc) is 2.63. The molecule has 5 heteroatoms. The molecule has 1 aromatic heterocycles. The Balaban J connectivity index is 2.41. The Morgan fingerprint density at radius 1 is 1.39 bits per heavy atom. The third-order valence-corrected chi connectivity index (χ3v) is 3.35. The fraction of sp³-hybridized carbons (Fsp3) is 0.462. The van der Waals surface area contributed by atoms with Crippen LogP contribution in [0.2, 0.25) is 5.02 Å². The third kappa shape index (κ3) is 2.99. The Hall–Kier alpha value is -0.710. The number of halogens is 1. The van der Waals surface area contributed by atoms with Crippen molar-refractivity contribution in [2.45, 2.75) is 13.0 Å². The highest BCUT2D eigenvalue weighted by atomic mass is 35.5. The van der Waals surface area contributed by atoms with Crippen molar-refractivity contribution < 1.29 is 0 Å². The van der Waals surface area contributed by atoms with Crippen LogP contribution in [0.25, 0.3) is 11.0 Å². The summed E-state index contributed by atoms with van der Waals surface area (Å²) in [5, 5.41) is 0.734. The maximum Gasteiger partial charge on any atom is 0.110 e. The van der Waals surface area contributed by atoms with Crippen LogP contribution in [0.5, 0.6) is 0 Å². The quantitative estimate of drug-likeness (QED) is 0.852. The summed E-state index contributed by atoms with van der Waals surface area (Å²) in [5.74, 6) is 1.89. The van der Waals surface area contributed by atoms with E-state index >= 15 is 0 Å². The number of nitrogens with zero attached hydrogens (tertiary/aromatic N) is 3. The molecule has 0 fully saturated rings. The molecule has 2 rings (SSSR count). The van der Waals surface area contributed by atoms with Crippen LogP contribution in [0.3, 0.4) is 0 Å². The van der Waals surface area contributed by atoms with Gasteiger partial charge < -0.3 is 9.47 Å². The maximum absolute atomic E-state index is 6.01. The van der Waals surface area contributed by atoms with Crippen LogP contribution in [-0.2, 0) is 13.0 Å². The number of hydrogen-bond donors (Lipinski definition) is 1. The first-order chi connectivity index (χ1) is 8.61. The molecule has 1 heterocycles. The Morgan fingerprint density at radius 2 is 2.17 bits per heavy atom. The number of aryl methyl sites for hydroxylation is 1. The van der Waals surface area contributed by atoms with E-state index in [9.17, 15) is 0 Å². The highest BCUT2D eigenvalue weighted by molar-refractivity contribution is 7.80. The predicted molar refractivity (Wildman–Crippen MR) is 80.9 cm³/mol. The van der Waals surface area contributed by atoms with Gasteiger partial charge in [-0.3, -0.25) is 0 Å². The van der Waals surface area contributed by atoms with Crippen LogP contribution >= 0.6 is 24.2 Å². The van der Waals surface area contributed by atoms with Gasteiger partial charge in [0.2, 0.25) is 0 Å². The van der Waals surface area contributed by atoms with E-state index in [-0.39, 0.29) is 0 Å². The van der Waals surface area contributed by atoms with Gasteiger partial charge in [0.25, 0.3) is 0 Å². The number of fused-ring (bicyclic) bond motifs is 1. The molecule has 98 valence electrons. The molecule has 3 nitrogen and oxygen atoms in total. The van der Waals surface area contributed by atoms with E-state index in [0.29, 0.717) is 0 Å². The van der Waals surface area contributed by atoms with Crippen LogP contribution < -0.4 is 0 Å². The minimum atomic E-state index is 0.734. The molecule has 0 radical (unpaired) electrons. The molecule has 0 spiro atoms. The Morgan fingerprint density at radius 3 is 2.83 bits per heavy atom. The van der Waals surface area contributed by atoms with E-state index in [2.05, 4.69) is 41.2 Å². The van der Waals surface area contributed by atoms with Crippen molar-refractivity contribution in [1.29, 1.82) is 0 Å². The fourth-order valence-electron chi connectivity index (χ4n) is 1.99.